The Bertz CT molecular complexity index is 702. The van der Waals surface area contributed by atoms with Crippen LogP contribution in [0.1, 0.15) is 47.0 Å². The summed E-state index contributed by atoms with van der Waals surface area (Å²) in [6.45, 7) is 6.73. The summed E-state index contributed by atoms with van der Waals surface area (Å²) in [6.07, 6.45) is 5.48. The molecule has 1 aromatic heterocycles. The highest BCUT2D eigenvalue weighted by atomic mass is 32.1. The first-order valence-corrected chi connectivity index (χ1v) is 10.5. The fourth-order valence-electron chi connectivity index (χ4n) is 4.48. The SMILES string of the molecule is CCOC(=O)c1c(NC(=O)CN2CCN3CCCC3C2)sc2c1CCC2. The monoisotopic (exact) mass is 377 g/mol. The number of esters is 1. The van der Waals surface area contributed by atoms with Crippen LogP contribution < -0.4 is 5.32 Å². The van der Waals surface area contributed by atoms with Gasteiger partial charge >= 0.3 is 5.97 Å². The summed E-state index contributed by atoms with van der Waals surface area (Å²) < 4.78 is 5.23. The second-order valence-corrected chi connectivity index (χ2v) is 8.50. The number of amides is 1. The van der Waals surface area contributed by atoms with Gasteiger partial charge in [-0.1, -0.05) is 0 Å². The van der Waals surface area contributed by atoms with E-state index in [4.69, 9.17) is 4.74 Å². The minimum Gasteiger partial charge on any atom is -0.462 e. The van der Waals surface area contributed by atoms with Gasteiger partial charge in [0.15, 0.2) is 0 Å². The van der Waals surface area contributed by atoms with Crippen molar-refractivity contribution < 1.29 is 14.3 Å². The van der Waals surface area contributed by atoms with Crippen molar-refractivity contribution >= 4 is 28.2 Å². The van der Waals surface area contributed by atoms with Crippen LogP contribution >= 0.6 is 11.3 Å². The van der Waals surface area contributed by atoms with Crippen LogP contribution in [0, 0.1) is 0 Å². The lowest BCUT2D eigenvalue weighted by atomic mass is 10.1. The number of anilines is 1. The first-order chi connectivity index (χ1) is 12.7. The largest absolute Gasteiger partial charge is 0.462 e. The van der Waals surface area contributed by atoms with E-state index in [0.29, 0.717) is 29.8 Å². The molecule has 0 aromatic carbocycles. The molecule has 142 valence electrons. The van der Waals surface area contributed by atoms with E-state index in [-0.39, 0.29) is 11.9 Å². The summed E-state index contributed by atoms with van der Waals surface area (Å²) >= 11 is 1.55. The van der Waals surface area contributed by atoms with Gasteiger partial charge < -0.3 is 10.1 Å². The standard InChI is InChI=1S/C19H27N3O3S/c1-2-25-19(24)17-14-6-3-7-15(14)26-18(17)20-16(23)12-21-9-10-22-8-4-5-13(22)11-21/h13H,2-12H2,1H3,(H,20,23). The zero-order valence-corrected chi connectivity index (χ0v) is 16.2. The summed E-state index contributed by atoms with van der Waals surface area (Å²) in [6, 6.07) is 0.609. The number of rotatable bonds is 5. The molecule has 1 unspecified atom stereocenters. The highest BCUT2D eigenvalue weighted by Crippen LogP contribution is 2.39. The van der Waals surface area contributed by atoms with Crippen LogP contribution in [0.4, 0.5) is 5.00 Å². The second kappa shape index (κ2) is 7.66. The van der Waals surface area contributed by atoms with Crippen LogP contribution in [0.3, 0.4) is 0 Å². The summed E-state index contributed by atoms with van der Waals surface area (Å²) in [5, 5.41) is 3.69. The number of carbonyl (C=O) groups is 2. The molecular formula is C19H27N3O3S. The lowest BCUT2D eigenvalue weighted by Gasteiger charge is -2.37. The smallest absolute Gasteiger partial charge is 0.341 e. The maximum absolute atomic E-state index is 12.6. The predicted octanol–water partition coefficient (Wildman–Crippen LogP) is 2.13. The Morgan fingerprint density at radius 2 is 2.12 bits per heavy atom. The van der Waals surface area contributed by atoms with Gasteiger partial charge in [-0.15, -0.1) is 11.3 Å². The van der Waals surface area contributed by atoms with Gasteiger partial charge in [0.05, 0.1) is 18.7 Å². The molecule has 2 fully saturated rings. The highest BCUT2D eigenvalue weighted by molar-refractivity contribution is 7.17. The van der Waals surface area contributed by atoms with Gasteiger partial charge in [-0.2, -0.15) is 0 Å². The lowest BCUT2D eigenvalue weighted by Crippen LogP contribution is -2.51. The number of piperazine rings is 1. The Balaban J connectivity index is 1.42. The molecule has 0 saturated carbocycles. The molecule has 26 heavy (non-hydrogen) atoms. The summed E-state index contributed by atoms with van der Waals surface area (Å²) in [5.74, 6) is -0.330. The molecule has 1 aromatic rings. The molecular weight excluding hydrogens is 350 g/mol. The van der Waals surface area contributed by atoms with Crippen molar-refractivity contribution in [2.24, 2.45) is 0 Å². The van der Waals surface area contributed by atoms with E-state index in [2.05, 4.69) is 15.1 Å². The maximum atomic E-state index is 12.6. The van der Waals surface area contributed by atoms with Crippen LogP contribution in [0.2, 0.25) is 0 Å². The normalized spacial score (nSPS) is 22.9. The molecule has 0 bridgehead atoms. The molecule has 3 aliphatic rings. The minimum atomic E-state index is -0.304. The van der Waals surface area contributed by atoms with Gasteiger partial charge in [0.2, 0.25) is 5.91 Å². The van der Waals surface area contributed by atoms with E-state index < -0.39 is 0 Å². The van der Waals surface area contributed by atoms with E-state index >= 15 is 0 Å². The third-order valence-electron chi connectivity index (χ3n) is 5.69. The van der Waals surface area contributed by atoms with Crippen molar-refractivity contribution in [3.63, 3.8) is 0 Å². The van der Waals surface area contributed by atoms with E-state index in [0.717, 1.165) is 44.5 Å². The van der Waals surface area contributed by atoms with E-state index in [1.807, 2.05) is 6.92 Å². The average Bonchev–Trinajstić information content (AvgIpc) is 3.29. The summed E-state index contributed by atoms with van der Waals surface area (Å²) in [7, 11) is 0. The number of nitrogens with one attached hydrogen (secondary N) is 1. The van der Waals surface area contributed by atoms with E-state index in [9.17, 15) is 9.59 Å². The van der Waals surface area contributed by atoms with Crippen molar-refractivity contribution in [2.45, 2.75) is 45.1 Å². The Morgan fingerprint density at radius 3 is 2.96 bits per heavy atom. The van der Waals surface area contributed by atoms with Crippen molar-refractivity contribution in [3.8, 4) is 0 Å². The van der Waals surface area contributed by atoms with Gasteiger partial charge in [0.1, 0.15) is 5.00 Å². The first kappa shape index (κ1) is 17.9. The van der Waals surface area contributed by atoms with Crippen LogP contribution in [0.15, 0.2) is 0 Å². The Labute approximate surface area is 158 Å². The number of thiophene rings is 1. The molecule has 1 aliphatic carbocycles. The predicted molar refractivity (Wildman–Crippen MR) is 102 cm³/mol. The number of hydrogen-bond acceptors (Lipinski definition) is 6. The summed E-state index contributed by atoms with van der Waals surface area (Å²) in [5.41, 5.74) is 1.68. The first-order valence-electron chi connectivity index (χ1n) is 9.73. The quantitative estimate of drug-likeness (QED) is 0.797. The van der Waals surface area contributed by atoms with Gasteiger partial charge in [-0.3, -0.25) is 14.6 Å². The van der Waals surface area contributed by atoms with Crippen LogP contribution in [0.5, 0.6) is 0 Å². The lowest BCUT2D eigenvalue weighted by molar-refractivity contribution is -0.117. The fraction of sp³-hybridized carbons (Fsp3) is 0.684. The van der Waals surface area contributed by atoms with Crippen molar-refractivity contribution in [3.05, 3.63) is 16.0 Å². The Kier molecular flexibility index (Phi) is 5.29. The maximum Gasteiger partial charge on any atom is 0.341 e. The van der Waals surface area contributed by atoms with Crippen LogP contribution in [-0.4, -0.2) is 67.0 Å². The molecule has 1 atom stereocenters. The molecule has 3 heterocycles. The molecule has 7 heteroatoms. The number of ether oxygens (including phenoxy) is 1. The van der Waals surface area contributed by atoms with Crippen molar-refractivity contribution in [1.82, 2.24) is 9.80 Å². The number of nitrogens with zero attached hydrogens (tertiary/aromatic N) is 2. The summed E-state index contributed by atoms with van der Waals surface area (Å²) in [4.78, 5) is 31.0. The van der Waals surface area contributed by atoms with Gasteiger partial charge in [-0.05, 0) is 51.1 Å². The third-order valence-corrected chi connectivity index (χ3v) is 6.90. The van der Waals surface area contributed by atoms with Crippen molar-refractivity contribution in [1.29, 1.82) is 0 Å². The molecule has 2 aliphatic heterocycles. The average molecular weight is 378 g/mol. The molecule has 6 nitrogen and oxygen atoms in total. The van der Waals surface area contributed by atoms with Gasteiger partial charge in [-0.25, -0.2) is 4.79 Å². The zero-order chi connectivity index (χ0) is 18.1. The van der Waals surface area contributed by atoms with Crippen LogP contribution in [0.25, 0.3) is 0 Å². The number of aryl methyl sites for hydroxylation is 1. The minimum absolute atomic E-state index is 0.0260. The van der Waals surface area contributed by atoms with E-state index in [1.54, 1.807) is 11.3 Å². The molecule has 0 radical (unpaired) electrons. The number of carbonyl (C=O) groups excluding carboxylic acids is 2. The van der Waals surface area contributed by atoms with Gasteiger partial charge in [0, 0.05) is 30.6 Å². The van der Waals surface area contributed by atoms with E-state index in [1.165, 1.54) is 24.3 Å². The third kappa shape index (κ3) is 3.52. The molecule has 0 spiro atoms. The number of fused-ring (bicyclic) bond motifs is 2. The Morgan fingerprint density at radius 1 is 1.23 bits per heavy atom. The highest BCUT2D eigenvalue weighted by Gasteiger charge is 2.32. The fourth-order valence-corrected chi connectivity index (χ4v) is 5.77. The van der Waals surface area contributed by atoms with Crippen LogP contribution in [-0.2, 0) is 22.4 Å². The molecule has 1 N–H and O–H groups in total. The zero-order valence-electron chi connectivity index (χ0n) is 15.4. The number of hydrogen-bond donors (Lipinski definition) is 1. The van der Waals surface area contributed by atoms with Gasteiger partial charge in [0.25, 0.3) is 0 Å². The second-order valence-electron chi connectivity index (χ2n) is 7.40. The molecule has 4 rings (SSSR count). The molecule has 2 saturated heterocycles. The topological polar surface area (TPSA) is 61.9 Å². The Hall–Kier alpha value is -1.44. The van der Waals surface area contributed by atoms with Crippen molar-refractivity contribution in [2.75, 3.05) is 44.6 Å². The molecule has 1 amide bonds.